The molecule has 0 unspecified atom stereocenters. The van der Waals surface area contributed by atoms with Gasteiger partial charge in [-0.25, -0.2) is 9.59 Å². The smallest absolute Gasteiger partial charge is 0.407 e. The number of hydrogen-bond acceptors (Lipinski definition) is 4. The molecular weight excluding hydrogens is 444 g/mol. The first-order valence-electron chi connectivity index (χ1n) is 12.5. The Morgan fingerprint density at radius 3 is 2.23 bits per heavy atom. The van der Waals surface area contributed by atoms with Gasteiger partial charge in [0.05, 0.1) is 0 Å². The van der Waals surface area contributed by atoms with Gasteiger partial charge in [-0.1, -0.05) is 68.8 Å². The Bertz CT molecular complexity index is 1040. The molecule has 2 aliphatic carbocycles. The minimum Gasteiger partial charge on any atom is -0.480 e. The number of benzene rings is 2. The Morgan fingerprint density at radius 1 is 1.00 bits per heavy atom. The van der Waals surface area contributed by atoms with Crippen LogP contribution in [0.4, 0.5) is 4.79 Å². The van der Waals surface area contributed by atoms with Crippen molar-refractivity contribution in [3.63, 3.8) is 0 Å². The van der Waals surface area contributed by atoms with E-state index in [1.165, 1.54) is 11.1 Å². The van der Waals surface area contributed by atoms with Crippen LogP contribution in [0.1, 0.15) is 63.0 Å². The maximum Gasteiger partial charge on any atom is 0.407 e. The fourth-order valence-electron chi connectivity index (χ4n) is 5.45. The zero-order valence-electron chi connectivity index (χ0n) is 20.3. The fourth-order valence-corrected chi connectivity index (χ4v) is 5.45. The molecule has 2 aliphatic rings. The quantitative estimate of drug-likeness (QED) is 0.485. The summed E-state index contributed by atoms with van der Waals surface area (Å²) in [5.74, 6) is -1.20. The number of ether oxygens (including phenoxy) is 1. The van der Waals surface area contributed by atoms with Crippen LogP contribution in [0, 0.1) is 11.8 Å². The van der Waals surface area contributed by atoms with E-state index in [9.17, 15) is 19.5 Å². The first-order valence-corrected chi connectivity index (χ1v) is 12.5. The van der Waals surface area contributed by atoms with Crippen LogP contribution in [0.5, 0.6) is 0 Å². The summed E-state index contributed by atoms with van der Waals surface area (Å²) in [6.07, 6.45) is 2.58. The van der Waals surface area contributed by atoms with E-state index < -0.39 is 18.1 Å². The molecule has 0 spiro atoms. The predicted molar refractivity (Wildman–Crippen MR) is 133 cm³/mol. The molecule has 1 saturated carbocycles. The van der Waals surface area contributed by atoms with Gasteiger partial charge >= 0.3 is 12.1 Å². The van der Waals surface area contributed by atoms with Crippen molar-refractivity contribution in [2.75, 3.05) is 6.61 Å². The molecule has 0 bridgehead atoms. The number of amides is 2. The summed E-state index contributed by atoms with van der Waals surface area (Å²) in [6, 6.07) is 15.3. The van der Waals surface area contributed by atoms with Crippen molar-refractivity contribution in [1.29, 1.82) is 0 Å². The molecule has 35 heavy (non-hydrogen) atoms. The van der Waals surface area contributed by atoms with E-state index in [2.05, 4.69) is 34.9 Å². The zero-order valence-corrected chi connectivity index (χ0v) is 20.3. The Balaban J connectivity index is 1.31. The molecule has 2 aromatic rings. The third-order valence-electron chi connectivity index (χ3n) is 7.09. The highest BCUT2D eigenvalue weighted by Crippen LogP contribution is 2.44. The number of carboxylic acids is 1. The number of carboxylic acid groups (broad SMARTS) is 1. The van der Waals surface area contributed by atoms with Crippen molar-refractivity contribution in [2.45, 2.75) is 64.0 Å². The minimum atomic E-state index is -1.02. The molecule has 3 N–H and O–H groups in total. The Morgan fingerprint density at radius 2 is 1.63 bits per heavy atom. The maximum absolute atomic E-state index is 12.7. The van der Waals surface area contributed by atoms with E-state index in [1.54, 1.807) is 0 Å². The molecule has 0 aromatic heterocycles. The van der Waals surface area contributed by atoms with Gasteiger partial charge < -0.3 is 20.5 Å². The van der Waals surface area contributed by atoms with Crippen molar-refractivity contribution in [3.8, 4) is 11.1 Å². The van der Waals surface area contributed by atoms with Gasteiger partial charge in [0.25, 0.3) is 0 Å². The lowest BCUT2D eigenvalue weighted by molar-refractivity contribution is -0.142. The number of fused-ring (bicyclic) bond motifs is 3. The molecule has 7 nitrogen and oxygen atoms in total. The molecule has 0 heterocycles. The van der Waals surface area contributed by atoms with Crippen LogP contribution in [0.3, 0.4) is 0 Å². The van der Waals surface area contributed by atoms with Crippen molar-refractivity contribution >= 4 is 18.0 Å². The van der Waals surface area contributed by atoms with Gasteiger partial charge in [-0.2, -0.15) is 0 Å². The molecule has 0 radical (unpaired) electrons. The highest BCUT2D eigenvalue weighted by Gasteiger charge is 2.33. The van der Waals surface area contributed by atoms with Gasteiger partial charge in [0.1, 0.15) is 12.6 Å². The van der Waals surface area contributed by atoms with E-state index in [1.807, 2.05) is 38.1 Å². The molecule has 2 amide bonds. The van der Waals surface area contributed by atoms with Crippen molar-refractivity contribution in [2.24, 2.45) is 11.8 Å². The topological polar surface area (TPSA) is 105 Å². The van der Waals surface area contributed by atoms with Crippen LogP contribution in [0.25, 0.3) is 11.1 Å². The van der Waals surface area contributed by atoms with E-state index in [0.29, 0.717) is 6.42 Å². The lowest BCUT2D eigenvalue weighted by atomic mass is 9.98. The lowest BCUT2D eigenvalue weighted by Gasteiger charge is -2.23. The van der Waals surface area contributed by atoms with Crippen LogP contribution < -0.4 is 10.6 Å². The van der Waals surface area contributed by atoms with E-state index in [4.69, 9.17) is 4.74 Å². The summed E-state index contributed by atoms with van der Waals surface area (Å²) < 4.78 is 5.67. The molecule has 0 aliphatic heterocycles. The number of aliphatic carboxylic acids is 1. The Hall–Kier alpha value is -3.35. The van der Waals surface area contributed by atoms with Crippen molar-refractivity contribution in [1.82, 2.24) is 10.6 Å². The fraction of sp³-hybridized carbons (Fsp3) is 0.464. The van der Waals surface area contributed by atoms with Crippen LogP contribution in [0.15, 0.2) is 48.5 Å². The average Bonchev–Trinajstić information content (AvgIpc) is 3.38. The highest BCUT2D eigenvalue weighted by molar-refractivity contribution is 5.83. The van der Waals surface area contributed by atoms with Gasteiger partial charge in [-0.15, -0.1) is 0 Å². The molecule has 2 aromatic carbocycles. The summed E-state index contributed by atoms with van der Waals surface area (Å²) in [5.41, 5.74) is 4.67. The third kappa shape index (κ3) is 5.84. The lowest BCUT2D eigenvalue weighted by Crippen LogP contribution is -2.44. The highest BCUT2D eigenvalue weighted by atomic mass is 16.5. The molecule has 186 valence electrons. The van der Waals surface area contributed by atoms with Crippen LogP contribution in [-0.2, 0) is 14.3 Å². The number of carbonyl (C=O) groups excluding carboxylic acids is 2. The summed E-state index contributed by atoms with van der Waals surface area (Å²) >= 11 is 0. The monoisotopic (exact) mass is 478 g/mol. The first kappa shape index (κ1) is 24.8. The van der Waals surface area contributed by atoms with Crippen LogP contribution >= 0.6 is 0 Å². The number of rotatable bonds is 9. The average molecular weight is 479 g/mol. The zero-order chi connectivity index (χ0) is 24.9. The first-order chi connectivity index (χ1) is 16.8. The van der Waals surface area contributed by atoms with Crippen LogP contribution in [-0.4, -0.2) is 41.8 Å². The second kappa shape index (κ2) is 10.9. The Kier molecular flexibility index (Phi) is 7.73. The normalized spacial score (nSPS) is 19.6. The predicted octanol–water partition coefficient (Wildman–Crippen LogP) is 4.70. The number of carbonyl (C=O) groups is 3. The van der Waals surface area contributed by atoms with E-state index in [-0.39, 0.29) is 42.7 Å². The molecule has 3 atom stereocenters. The number of nitrogens with one attached hydrogen (secondary N) is 2. The van der Waals surface area contributed by atoms with Gasteiger partial charge in [0.15, 0.2) is 0 Å². The summed E-state index contributed by atoms with van der Waals surface area (Å²) in [7, 11) is 0. The van der Waals surface area contributed by atoms with Gasteiger partial charge in [0.2, 0.25) is 5.91 Å². The SMILES string of the molecule is CC(C)C[C@@H](NC(=O)C[C@@H]1CCC[C@H]1NC(=O)OCC1c2ccccc2-c2ccccc21)C(=O)O. The standard InChI is InChI=1S/C28H34N2O5/c1-17(2)14-25(27(32)33)29-26(31)15-18-8-7-13-24(18)30-28(34)35-16-23-21-11-5-3-9-19(21)20-10-4-6-12-22(20)23/h3-6,9-12,17-18,23-25H,7-8,13-16H2,1-2H3,(H,29,31)(H,30,34)(H,32,33)/t18-,24+,25+/m0/s1. The summed E-state index contributed by atoms with van der Waals surface area (Å²) in [6.45, 7) is 4.09. The number of hydrogen-bond donors (Lipinski definition) is 3. The van der Waals surface area contributed by atoms with Crippen molar-refractivity contribution in [3.05, 3.63) is 59.7 Å². The maximum atomic E-state index is 12.7. The third-order valence-corrected chi connectivity index (χ3v) is 7.09. The second-order valence-corrected chi connectivity index (χ2v) is 10.1. The molecular formula is C28H34N2O5. The Labute approximate surface area is 206 Å². The summed E-state index contributed by atoms with van der Waals surface area (Å²) in [5, 5.41) is 15.0. The molecule has 0 saturated heterocycles. The summed E-state index contributed by atoms with van der Waals surface area (Å²) in [4.78, 5) is 36.7. The van der Waals surface area contributed by atoms with Gasteiger partial charge in [-0.3, -0.25) is 4.79 Å². The van der Waals surface area contributed by atoms with Crippen molar-refractivity contribution < 1.29 is 24.2 Å². The largest absolute Gasteiger partial charge is 0.480 e. The second-order valence-electron chi connectivity index (χ2n) is 10.1. The molecule has 1 fully saturated rings. The van der Waals surface area contributed by atoms with Crippen LogP contribution in [0.2, 0.25) is 0 Å². The van der Waals surface area contributed by atoms with E-state index in [0.717, 1.165) is 30.4 Å². The van der Waals surface area contributed by atoms with Gasteiger partial charge in [-0.05, 0) is 53.4 Å². The minimum absolute atomic E-state index is 0.00721. The molecule has 4 rings (SSSR count). The molecule has 7 heteroatoms. The van der Waals surface area contributed by atoms with E-state index >= 15 is 0 Å². The van der Waals surface area contributed by atoms with Gasteiger partial charge in [0, 0.05) is 18.4 Å². The number of alkyl carbamates (subject to hydrolysis) is 1.